The van der Waals surface area contributed by atoms with Gasteiger partial charge >= 0.3 is 0 Å². The lowest BCUT2D eigenvalue weighted by molar-refractivity contribution is 0.148. The number of halogens is 2. The third kappa shape index (κ3) is 3.41. The van der Waals surface area contributed by atoms with Crippen molar-refractivity contribution in [3.63, 3.8) is 0 Å². The van der Waals surface area contributed by atoms with Gasteiger partial charge in [0.15, 0.2) is 0 Å². The molecule has 0 N–H and O–H groups in total. The highest BCUT2D eigenvalue weighted by Crippen LogP contribution is 2.27. The monoisotopic (exact) mass is 323 g/mol. The van der Waals surface area contributed by atoms with E-state index in [9.17, 15) is 8.42 Å². The van der Waals surface area contributed by atoms with Crippen LogP contribution >= 0.6 is 23.2 Å². The Morgan fingerprint density at radius 2 is 2.05 bits per heavy atom. The van der Waals surface area contributed by atoms with Crippen LogP contribution in [0.3, 0.4) is 0 Å². The number of sulfonamides is 1. The van der Waals surface area contributed by atoms with Gasteiger partial charge in [0.2, 0.25) is 10.0 Å². The number of benzene rings is 1. The molecule has 0 aliphatic carbocycles. The molecule has 2 rings (SSSR count). The van der Waals surface area contributed by atoms with Crippen LogP contribution in [0.1, 0.15) is 12.0 Å². The van der Waals surface area contributed by atoms with Gasteiger partial charge in [0.1, 0.15) is 4.90 Å². The first-order valence-corrected chi connectivity index (χ1v) is 8.33. The van der Waals surface area contributed by atoms with Crippen LogP contribution in [0.4, 0.5) is 0 Å². The Morgan fingerprint density at radius 3 is 2.79 bits per heavy atom. The van der Waals surface area contributed by atoms with E-state index >= 15 is 0 Å². The molecule has 0 aromatic heterocycles. The SMILES string of the molecule is O=S(=O)(c1cc(CCl)ccc1Cl)N1CCCOCC1. The van der Waals surface area contributed by atoms with E-state index in [1.54, 1.807) is 12.1 Å². The molecule has 0 atom stereocenters. The molecular formula is C12H15Cl2NO3S. The molecule has 1 aromatic rings. The number of nitrogens with zero attached hydrogens (tertiary/aromatic N) is 1. The van der Waals surface area contributed by atoms with Crippen LogP contribution < -0.4 is 0 Å². The first-order chi connectivity index (χ1) is 9.05. The summed E-state index contributed by atoms with van der Waals surface area (Å²) in [5.41, 5.74) is 0.732. The fraction of sp³-hybridized carbons (Fsp3) is 0.500. The molecule has 1 heterocycles. The topological polar surface area (TPSA) is 46.6 Å². The van der Waals surface area contributed by atoms with Gasteiger partial charge in [-0.3, -0.25) is 0 Å². The third-order valence-electron chi connectivity index (χ3n) is 2.95. The van der Waals surface area contributed by atoms with Gasteiger partial charge in [-0.25, -0.2) is 8.42 Å². The maximum absolute atomic E-state index is 12.6. The minimum atomic E-state index is -3.59. The zero-order valence-electron chi connectivity index (χ0n) is 10.3. The van der Waals surface area contributed by atoms with E-state index in [4.69, 9.17) is 27.9 Å². The summed E-state index contributed by atoms with van der Waals surface area (Å²) in [6.45, 7) is 1.79. The second kappa shape index (κ2) is 6.41. The maximum atomic E-state index is 12.6. The van der Waals surface area contributed by atoms with E-state index < -0.39 is 10.0 Å². The molecule has 0 amide bonds. The molecule has 1 aromatic carbocycles. The molecule has 0 spiro atoms. The number of hydrogen-bond acceptors (Lipinski definition) is 3. The molecule has 0 bridgehead atoms. The van der Waals surface area contributed by atoms with Gasteiger partial charge in [0, 0.05) is 25.6 Å². The highest BCUT2D eigenvalue weighted by atomic mass is 35.5. The van der Waals surface area contributed by atoms with Gasteiger partial charge < -0.3 is 4.74 Å². The average molecular weight is 324 g/mol. The zero-order valence-corrected chi connectivity index (χ0v) is 12.6. The largest absolute Gasteiger partial charge is 0.380 e. The Kier molecular flexibility index (Phi) is 5.09. The first kappa shape index (κ1) is 15.1. The summed E-state index contributed by atoms with van der Waals surface area (Å²) in [5, 5.41) is 0.221. The van der Waals surface area contributed by atoms with Crippen molar-refractivity contribution >= 4 is 33.2 Å². The molecule has 0 radical (unpaired) electrons. The van der Waals surface area contributed by atoms with Crippen LogP contribution in [0.5, 0.6) is 0 Å². The second-order valence-corrected chi connectivity index (χ2v) is 6.85. The van der Waals surface area contributed by atoms with Crippen molar-refractivity contribution in [3.05, 3.63) is 28.8 Å². The van der Waals surface area contributed by atoms with Crippen molar-refractivity contribution < 1.29 is 13.2 Å². The molecular weight excluding hydrogens is 309 g/mol. The molecule has 1 aliphatic heterocycles. The molecule has 106 valence electrons. The zero-order chi connectivity index (χ0) is 13.9. The van der Waals surface area contributed by atoms with Gasteiger partial charge in [-0.2, -0.15) is 4.31 Å². The summed E-state index contributed by atoms with van der Waals surface area (Å²) < 4.78 is 31.8. The van der Waals surface area contributed by atoms with Crippen molar-refractivity contribution in [2.24, 2.45) is 0 Å². The Bertz CT molecular complexity index is 540. The van der Waals surface area contributed by atoms with Crippen molar-refractivity contribution in [2.75, 3.05) is 26.3 Å². The lowest BCUT2D eigenvalue weighted by Gasteiger charge is -2.20. The van der Waals surface area contributed by atoms with Gasteiger partial charge in [0.25, 0.3) is 0 Å². The van der Waals surface area contributed by atoms with Crippen LogP contribution in [0.2, 0.25) is 5.02 Å². The van der Waals surface area contributed by atoms with Gasteiger partial charge in [-0.1, -0.05) is 17.7 Å². The maximum Gasteiger partial charge on any atom is 0.244 e. The van der Waals surface area contributed by atoms with E-state index in [0.717, 1.165) is 5.56 Å². The van der Waals surface area contributed by atoms with Crippen LogP contribution in [0, 0.1) is 0 Å². The molecule has 0 saturated carbocycles. The van der Waals surface area contributed by atoms with E-state index in [2.05, 4.69) is 0 Å². The molecule has 0 unspecified atom stereocenters. The molecule has 4 nitrogen and oxygen atoms in total. The average Bonchev–Trinajstić information content (AvgIpc) is 2.68. The summed E-state index contributed by atoms with van der Waals surface area (Å²) in [4.78, 5) is 0.120. The standard InChI is InChI=1S/C12H15Cl2NO3S/c13-9-10-2-3-11(14)12(8-10)19(16,17)15-4-1-6-18-7-5-15/h2-3,8H,1,4-7,9H2. The second-order valence-electron chi connectivity index (χ2n) is 4.27. The predicted molar refractivity (Wildman–Crippen MR) is 75.2 cm³/mol. The minimum absolute atomic E-state index is 0.120. The highest BCUT2D eigenvalue weighted by Gasteiger charge is 2.27. The van der Waals surface area contributed by atoms with Crippen molar-refractivity contribution in [3.8, 4) is 0 Å². The molecule has 1 fully saturated rings. The molecule has 1 saturated heterocycles. The van der Waals surface area contributed by atoms with Gasteiger partial charge in [-0.05, 0) is 24.1 Å². The summed E-state index contributed by atoms with van der Waals surface area (Å²) in [7, 11) is -3.59. The van der Waals surface area contributed by atoms with E-state index in [1.807, 2.05) is 0 Å². The van der Waals surface area contributed by atoms with Crippen LogP contribution in [-0.2, 0) is 20.6 Å². The third-order valence-corrected chi connectivity index (χ3v) is 5.64. The Balaban J connectivity index is 2.37. The first-order valence-electron chi connectivity index (χ1n) is 5.98. The van der Waals surface area contributed by atoms with Gasteiger partial charge in [0.05, 0.1) is 11.6 Å². The summed E-state index contributed by atoms with van der Waals surface area (Å²) in [6, 6.07) is 4.83. The van der Waals surface area contributed by atoms with Crippen molar-refractivity contribution in [2.45, 2.75) is 17.2 Å². The Labute approximate surface area is 123 Å². The quantitative estimate of drug-likeness (QED) is 0.803. The van der Waals surface area contributed by atoms with Gasteiger partial charge in [-0.15, -0.1) is 11.6 Å². The lowest BCUT2D eigenvalue weighted by Crippen LogP contribution is -2.33. The Hall–Kier alpha value is -0.330. The Morgan fingerprint density at radius 1 is 1.26 bits per heavy atom. The normalized spacial score (nSPS) is 18.2. The van der Waals surface area contributed by atoms with Crippen LogP contribution in [0.15, 0.2) is 23.1 Å². The number of ether oxygens (including phenoxy) is 1. The molecule has 7 heteroatoms. The van der Waals surface area contributed by atoms with E-state index in [-0.39, 0.29) is 15.8 Å². The summed E-state index contributed by atoms with van der Waals surface area (Å²) in [6.07, 6.45) is 0.687. The molecule has 1 aliphatic rings. The highest BCUT2D eigenvalue weighted by molar-refractivity contribution is 7.89. The molecule has 19 heavy (non-hydrogen) atoms. The van der Waals surface area contributed by atoms with Crippen molar-refractivity contribution in [1.29, 1.82) is 0 Å². The summed E-state index contributed by atoms with van der Waals surface area (Å²) >= 11 is 11.8. The van der Waals surface area contributed by atoms with Crippen LogP contribution in [-0.4, -0.2) is 39.0 Å². The fourth-order valence-corrected chi connectivity index (χ4v) is 4.08. The predicted octanol–water partition coefficient (Wildman–Crippen LogP) is 2.49. The summed E-state index contributed by atoms with van der Waals surface area (Å²) in [5.74, 6) is 0.253. The number of alkyl halides is 1. The van der Waals surface area contributed by atoms with Crippen LogP contribution in [0.25, 0.3) is 0 Å². The lowest BCUT2D eigenvalue weighted by atomic mass is 10.2. The fourth-order valence-electron chi connectivity index (χ4n) is 1.93. The smallest absolute Gasteiger partial charge is 0.244 e. The van der Waals surface area contributed by atoms with E-state index in [0.29, 0.717) is 32.7 Å². The number of rotatable bonds is 3. The number of hydrogen-bond donors (Lipinski definition) is 0. The van der Waals surface area contributed by atoms with Crippen molar-refractivity contribution in [1.82, 2.24) is 4.31 Å². The minimum Gasteiger partial charge on any atom is -0.380 e. The van der Waals surface area contributed by atoms with E-state index in [1.165, 1.54) is 10.4 Å².